The van der Waals surface area contributed by atoms with Crippen LogP contribution < -0.4 is 10.2 Å². The van der Waals surface area contributed by atoms with Crippen molar-refractivity contribution >= 4 is 35.0 Å². The first kappa shape index (κ1) is 28.6. The molecule has 7 heteroatoms. The van der Waals surface area contributed by atoms with Crippen molar-refractivity contribution in [2.24, 2.45) is 11.8 Å². The molecule has 1 amide bonds. The third-order valence-corrected chi connectivity index (χ3v) is 10.9. The minimum absolute atomic E-state index is 0.0371. The summed E-state index contributed by atoms with van der Waals surface area (Å²) in [7, 11) is 0. The summed E-state index contributed by atoms with van der Waals surface area (Å²) < 4.78 is 14.1. The summed E-state index contributed by atoms with van der Waals surface area (Å²) in [5, 5.41) is 4.32. The molecule has 1 saturated heterocycles. The SMILES string of the molecule is O=C(NCCN1CCC(Cc2ccccc2)CC1)c1ccc2c(c1)N(Cc1cc(F)ccc1Cl)CC1CCCC1S2. The highest BCUT2D eigenvalue weighted by molar-refractivity contribution is 8.00. The van der Waals surface area contributed by atoms with Crippen molar-refractivity contribution in [3.8, 4) is 0 Å². The highest BCUT2D eigenvalue weighted by Gasteiger charge is 2.34. The molecule has 1 aliphatic carbocycles. The summed E-state index contributed by atoms with van der Waals surface area (Å²) in [4.78, 5) is 19.2. The van der Waals surface area contributed by atoms with Crippen LogP contribution in [0.4, 0.5) is 10.1 Å². The molecule has 216 valence electrons. The summed E-state index contributed by atoms with van der Waals surface area (Å²) in [5.74, 6) is 1.00. The maximum Gasteiger partial charge on any atom is 0.251 e. The molecule has 2 aliphatic heterocycles. The minimum atomic E-state index is -0.277. The Balaban J connectivity index is 1.07. The lowest BCUT2D eigenvalue weighted by molar-refractivity contribution is 0.0944. The second-order valence-corrected chi connectivity index (χ2v) is 13.6. The van der Waals surface area contributed by atoms with E-state index in [9.17, 15) is 9.18 Å². The molecule has 4 nitrogen and oxygen atoms in total. The Labute approximate surface area is 252 Å². The maximum atomic E-state index is 14.1. The molecule has 0 bridgehead atoms. The van der Waals surface area contributed by atoms with Gasteiger partial charge in [-0.25, -0.2) is 4.39 Å². The molecule has 0 spiro atoms. The number of piperidine rings is 1. The second kappa shape index (κ2) is 13.2. The fraction of sp³-hybridized carbons (Fsp3) is 0.441. The Morgan fingerprint density at radius 3 is 2.66 bits per heavy atom. The van der Waals surface area contributed by atoms with Crippen LogP contribution in [0.15, 0.2) is 71.6 Å². The lowest BCUT2D eigenvalue weighted by Crippen LogP contribution is -2.40. The van der Waals surface area contributed by atoms with E-state index in [2.05, 4.69) is 51.5 Å². The quantitative estimate of drug-likeness (QED) is 0.295. The van der Waals surface area contributed by atoms with E-state index >= 15 is 0 Å². The third kappa shape index (κ3) is 7.10. The van der Waals surface area contributed by atoms with Crippen LogP contribution in [0.1, 0.15) is 53.6 Å². The first-order valence-electron chi connectivity index (χ1n) is 15.1. The smallest absolute Gasteiger partial charge is 0.251 e. The molecule has 2 atom stereocenters. The highest BCUT2D eigenvalue weighted by atomic mass is 35.5. The number of nitrogens with zero attached hydrogens (tertiary/aromatic N) is 2. The summed E-state index contributed by atoms with van der Waals surface area (Å²) >= 11 is 8.42. The van der Waals surface area contributed by atoms with Gasteiger partial charge in [-0.2, -0.15) is 0 Å². The molecule has 0 aromatic heterocycles. The molecule has 1 saturated carbocycles. The number of fused-ring (bicyclic) bond motifs is 2. The van der Waals surface area contributed by atoms with Gasteiger partial charge in [-0.05, 0) is 105 Å². The number of amides is 1. The van der Waals surface area contributed by atoms with Crippen LogP contribution in [0.2, 0.25) is 5.02 Å². The van der Waals surface area contributed by atoms with E-state index in [1.54, 1.807) is 6.07 Å². The van der Waals surface area contributed by atoms with Crippen molar-refractivity contribution < 1.29 is 9.18 Å². The molecule has 2 unspecified atom stereocenters. The number of carbonyl (C=O) groups excluding carboxylic acids is 1. The van der Waals surface area contributed by atoms with Crippen LogP contribution in [0.5, 0.6) is 0 Å². The number of hydrogen-bond acceptors (Lipinski definition) is 4. The first-order valence-corrected chi connectivity index (χ1v) is 16.3. The van der Waals surface area contributed by atoms with Gasteiger partial charge in [0, 0.05) is 46.9 Å². The van der Waals surface area contributed by atoms with E-state index in [1.807, 2.05) is 23.9 Å². The number of hydrogen-bond donors (Lipinski definition) is 1. The lowest BCUT2D eigenvalue weighted by atomic mass is 9.90. The zero-order valence-corrected chi connectivity index (χ0v) is 25.1. The maximum absolute atomic E-state index is 14.1. The monoisotopic (exact) mass is 591 g/mol. The van der Waals surface area contributed by atoms with Gasteiger partial charge in [0.25, 0.3) is 5.91 Å². The number of rotatable bonds is 8. The third-order valence-electron chi connectivity index (χ3n) is 9.04. The topological polar surface area (TPSA) is 35.6 Å². The number of halogens is 2. The van der Waals surface area contributed by atoms with Crippen LogP contribution in [0, 0.1) is 17.7 Å². The Hall–Kier alpha value is -2.54. The largest absolute Gasteiger partial charge is 0.366 e. The summed E-state index contributed by atoms with van der Waals surface area (Å²) in [6, 6.07) is 21.4. The van der Waals surface area contributed by atoms with Crippen LogP contribution in [0.25, 0.3) is 0 Å². The molecular weight excluding hydrogens is 553 g/mol. The van der Waals surface area contributed by atoms with E-state index < -0.39 is 0 Å². The van der Waals surface area contributed by atoms with Crippen molar-refractivity contribution in [2.45, 2.75) is 55.2 Å². The summed E-state index contributed by atoms with van der Waals surface area (Å²) in [6.45, 7) is 5.10. The van der Waals surface area contributed by atoms with E-state index in [0.717, 1.165) is 49.8 Å². The highest BCUT2D eigenvalue weighted by Crippen LogP contribution is 2.47. The van der Waals surface area contributed by atoms with Gasteiger partial charge in [-0.3, -0.25) is 4.79 Å². The van der Waals surface area contributed by atoms with Gasteiger partial charge in [0.15, 0.2) is 0 Å². The van der Waals surface area contributed by atoms with Gasteiger partial charge in [-0.15, -0.1) is 11.8 Å². The Morgan fingerprint density at radius 2 is 1.83 bits per heavy atom. The fourth-order valence-electron chi connectivity index (χ4n) is 6.73. The number of nitrogens with one attached hydrogen (secondary N) is 1. The van der Waals surface area contributed by atoms with Crippen molar-refractivity contribution in [3.05, 3.63) is 94.3 Å². The molecule has 2 fully saturated rings. The Kier molecular flexibility index (Phi) is 9.19. The van der Waals surface area contributed by atoms with E-state index in [-0.39, 0.29) is 11.7 Å². The predicted molar refractivity (Wildman–Crippen MR) is 168 cm³/mol. The van der Waals surface area contributed by atoms with Gasteiger partial charge in [0.05, 0.1) is 5.69 Å². The van der Waals surface area contributed by atoms with Gasteiger partial charge in [-0.1, -0.05) is 48.4 Å². The minimum Gasteiger partial charge on any atom is -0.366 e. The molecular formula is C34H39ClFN3OS. The number of likely N-dealkylation sites (tertiary alicyclic amines) is 1. The normalized spacial score (nSPS) is 21.3. The van der Waals surface area contributed by atoms with Crippen molar-refractivity contribution in [2.75, 3.05) is 37.6 Å². The van der Waals surface area contributed by atoms with Crippen molar-refractivity contribution in [3.63, 3.8) is 0 Å². The summed E-state index contributed by atoms with van der Waals surface area (Å²) in [5.41, 5.74) is 3.94. The summed E-state index contributed by atoms with van der Waals surface area (Å²) in [6.07, 6.45) is 7.24. The zero-order valence-electron chi connectivity index (χ0n) is 23.5. The number of carbonyl (C=O) groups is 1. The average Bonchev–Trinajstić information content (AvgIpc) is 3.36. The molecule has 6 rings (SSSR count). The first-order chi connectivity index (χ1) is 20.0. The van der Waals surface area contributed by atoms with Crippen LogP contribution in [0.3, 0.4) is 0 Å². The number of anilines is 1. The van der Waals surface area contributed by atoms with Crippen LogP contribution in [-0.2, 0) is 13.0 Å². The fourth-order valence-corrected chi connectivity index (χ4v) is 8.39. The molecule has 3 aliphatic rings. The van der Waals surface area contributed by atoms with Crippen molar-refractivity contribution in [1.29, 1.82) is 0 Å². The van der Waals surface area contributed by atoms with E-state index in [4.69, 9.17) is 11.6 Å². The van der Waals surface area contributed by atoms with Gasteiger partial charge in [0.1, 0.15) is 5.82 Å². The Bertz CT molecular complexity index is 1350. The van der Waals surface area contributed by atoms with Gasteiger partial charge >= 0.3 is 0 Å². The lowest BCUT2D eigenvalue weighted by Gasteiger charge is -2.32. The molecule has 3 aromatic carbocycles. The molecule has 0 radical (unpaired) electrons. The van der Waals surface area contributed by atoms with Gasteiger partial charge in [0.2, 0.25) is 0 Å². The van der Waals surface area contributed by atoms with E-state index in [0.29, 0.717) is 34.8 Å². The molecule has 3 aromatic rings. The number of thioether (sulfide) groups is 1. The molecule has 1 N–H and O–H groups in total. The molecule has 41 heavy (non-hydrogen) atoms. The van der Waals surface area contributed by atoms with Crippen LogP contribution >= 0.6 is 23.4 Å². The molecule has 2 heterocycles. The standard InChI is InChI=1S/C34H39ClFN3OS/c35-30-11-10-29(36)20-28(30)23-39-22-27-7-4-8-32(27)41-33-12-9-26(21-31(33)39)34(40)37-15-18-38-16-13-25(14-17-38)19-24-5-2-1-3-6-24/h1-3,5-6,9-12,20-21,25,27,32H,4,7-8,13-19,22-23H2,(H,37,40). The average molecular weight is 592 g/mol. The van der Waals surface area contributed by atoms with Crippen molar-refractivity contribution in [1.82, 2.24) is 10.2 Å². The zero-order chi connectivity index (χ0) is 28.2. The number of benzene rings is 3. The Morgan fingerprint density at radius 1 is 1.00 bits per heavy atom. The predicted octanol–water partition coefficient (Wildman–Crippen LogP) is 7.44. The van der Waals surface area contributed by atoms with E-state index in [1.165, 1.54) is 54.7 Å². The second-order valence-electron chi connectivity index (χ2n) is 11.9. The van der Waals surface area contributed by atoms with Crippen LogP contribution in [-0.4, -0.2) is 48.8 Å². The van der Waals surface area contributed by atoms with Gasteiger partial charge < -0.3 is 15.1 Å².